The smallest absolute Gasteiger partial charge is 0.387 e. The maximum absolute atomic E-state index is 12.7. The summed E-state index contributed by atoms with van der Waals surface area (Å²) in [6.07, 6.45) is 0.641. The number of hydrogen-bond acceptors (Lipinski definition) is 5. The van der Waals surface area contributed by atoms with Gasteiger partial charge in [0.1, 0.15) is 11.4 Å². The molecule has 0 spiro atoms. The number of para-hydroxylation sites is 1. The quantitative estimate of drug-likeness (QED) is 0.700. The van der Waals surface area contributed by atoms with Gasteiger partial charge in [-0.2, -0.15) is 8.78 Å². The molecule has 1 fully saturated rings. The number of nitrogens with zero attached hydrogens (tertiary/aromatic N) is 2. The summed E-state index contributed by atoms with van der Waals surface area (Å²) in [5, 5.41) is 13.7. The fourth-order valence-corrected chi connectivity index (χ4v) is 3.93. The summed E-state index contributed by atoms with van der Waals surface area (Å²) in [6.45, 7) is 6.54. The summed E-state index contributed by atoms with van der Waals surface area (Å²) in [5.41, 5.74) is 0.784. The average Bonchev–Trinajstić information content (AvgIpc) is 3.16. The monoisotopic (exact) mass is 422 g/mol. The van der Waals surface area contributed by atoms with Crippen LogP contribution in [0.15, 0.2) is 34.9 Å². The highest BCUT2D eigenvalue weighted by molar-refractivity contribution is 5.70. The third-order valence-corrected chi connectivity index (χ3v) is 5.92. The molecule has 8 heteroatoms. The van der Waals surface area contributed by atoms with Gasteiger partial charge in [0.05, 0.1) is 12.0 Å². The largest absolute Gasteiger partial charge is 0.481 e. The molecule has 2 heterocycles. The lowest BCUT2D eigenvalue weighted by Crippen LogP contribution is -2.47. The van der Waals surface area contributed by atoms with Crippen LogP contribution < -0.4 is 4.74 Å². The molecule has 0 saturated carbocycles. The highest BCUT2D eigenvalue weighted by Gasteiger charge is 2.39. The van der Waals surface area contributed by atoms with Gasteiger partial charge >= 0.3 is 12.6 Å². The van der Waals surface area contributed by atoms with Crippen molar-refractivity contribution in [1.29, 1.82) is 0 Å². The number of rotatable bonds is 6. The molecule has 1 aromatic heterocycles. The molecule has 0 bridgehead atoms. The van der Waals surface area contributed by atoms with Crippen molar-refractivity contribution in [3.63, 3.8) is 0 Å². The van der Waals surface area contributed by atoms with Gasteiger partial charge in [0.15, 0.2) is 5.76 Å². The molecule has 0 amide bonds. The van der Waals surface area contributed by atoms with Crippen molar-refractivity contribution in [2.24, 2.45) is 17.3 Å². The van der Waals surface area contributed by atoms with E-state index in [2.05, 4.69) is 35.6 Å². The van der Waals surface area contributed by atoms with Crippen molar-refractivity contribution in [3.8, 4) is 17.0 Å². The highest BCUT2D eigenvalue weighted by atomic mass is 19.3. The van der Waals surface area contributed by atoms with Crippen molar-refractivity contribution >= 4 is 5.97 Å². The van der Waals surface area contributed by atoms with Gasteiger partial charge in [-0.05, 0) is 36.8 Å². The Morgan fingerprint density at radius 2 is 2.00 bits per heavy atom. The zero-order chi connectivity index (χ0) is 22.1. The minimum atomic E-state index is -2.94. The summed E-state index contributed by atoms with van der Waals surface area (Å²) in [5.74, 6) is -0.449. The standard InChI is InChI=1S/C22H28F2N2O4/c1-13(26-11-14(20(27)28)9-15(12-26)22(2,3)4)19-10-17(25-30-19)16-7-5-6-8-18(16)29-21(23)24/h5-8,10,13-15,21H,9,11-12H2,1-4H3,(H,27,28)/t13?,14-,15-/m1/s1. The number of carboxylic acid groups (broad SMARTS) is 1. The SMILES string of the molecule is CC(c1cc(-c2ccccc2OC(F)F)no1)N1C[C@H](C(=O)O)C[C@@H](C(C)(C)C)C1. The van der Waals surface area contributed by atoms with E-state index in [0.717, 1.165) is 6.54 Å². The number of aromatic nitrogens is 1. The summed E-state index contributed by atoms with van der Waals surface area (Å²) in [6, 6.07) is 7.91. The minimum Gasteiger partial charge on any atom is -0.481 e. The lowest BCUT2D eigenvalue weighted by molar-refractivity contribution is -0.145. The summed E-state index contributed by atoms with van der Waals surface area (Å²) >= 11 is 0. The van der Waals surface area contributed by atoms with Crippen molar-refractivity contribution in [1.82, 2.24) is 10.1 Å². The lowest BCUT2D eigenvalue weighted by Gasteiger charge is -2.43. The van der Waals surface area contributed by atoms with E-state index in [1.165, 1.54) is 6.07 Å². The fourth-order valence-electron chi connectivity index (χ4n) is 3.93. The third kappa shape index (κ3) is 4.98. The Morgan fingerprint density at radius 1 is 1.30 bits per heavy atom. The van der Waals surface area contributed by atoms with Crippen molar-refractivity contribution in [3.05, 3.63) is 36.1 Å². The topological polar surface area (TPSA) is 75.8 Å². The zero-order valence-electron chi connectivity index (χ0n) is 17.6. The van der Waals surface area contributed by atoms with E-state index in [-0.39, 0.29) is 23.1 Å². The number of likely N-dealkylation sites (tertiary alicyclic amines) is 1. The van der Waals surface area contributed by atoms with E-state index in [1.54, 1.807) is 24.3 Å². The zero-order valence-corrected chi connectivity index (χ0v) is 17.6. The number of alkyl halides is 2. The molecule has 2 aromatic rings. The first-order chi connectivity index (χ1) is 14.1. The first-order valence-corrected chi connectivity index (χ1v) is 10.0. The summed E-state index contributed by atoms with van der Waals surface area (Å²) < 4.78 is 35.5. The van der Waals surface area contributed by atoms with Crippen LogP contribution in [0.4, 0.5) is 8.78 Å². The Labute approximate surface area is 174 Å². The average molecular weight is 422 g/mol. The number of piperidine rings is 1. The van der Waals surface area contributed by atoms with Gasteiger partial charge < -0.3 is 14.4 Å². The van der Waals surface area contributed by atoms with Crippen LogP contribution in [0.2, 0.25) is 0 Å². The molecule has 3 atom stereocenters. The van der Waals surface area contributed by atoms with E-state index in [9.17, 15) is 18.7 Å². The number of benzene rings is 1. The van der Waals surface area contributed by atoms with Crippen molar-refractivity contribution in [2.75, 3.05) is 13.1 Å². The Morgan fingerprint density at radius 3 is 2.63 bits per heavy atom. The fraction of sp³-hybridized carbons (Fsp3) is 0.545. The molecule has 3 rings (SSSR count). The second-order valence-electron chi connectivity index (χ2n) is 8.95. The van der Waals surface area contributed by atoms with Crippen LogP contribution in [0, 0.1) is 17.3 Å². The number of halogens is 2. The van der Waals surface area contributed by atoms with Gasteiger partial charge in [-0.1, -0.05) is 38.1 Å². The predicted octanol–water partition coefficient (Wildman–Crippen LogP) is 5.07. The molecule has 0 radical (unpaired) electrons. The van der Waals surface area contributed by atoms with Crippen LogP contribution in [0.3, 0.4) is 0 Å². The molecule has 1 saturated heterocycles. The third-order valence-electron chi connectivity index (χ3n) is 5.92. The second-order valence-corrected chi connectivity index (χ2v) is 8.95. The molecule has 30 heavy (non-hydrogen) atoms. The molecule has 1 aromatic carbocycles. The number of carboxylic acids is 1. The van der Waals surface area contributed by atoms with Crippen LogP contribution in [-0.2, 0) is 4.79 Å². The molecule has 0 aliphatic carbocycles. The molecule has 1 aliphatic rings. The molecular formula is C22H28F2N2O4. The van der Waals surface area contributed by atoms with E-state index < -0.39 is 18.5 Å². The highest BCUT2D eigenvalue weighted by Crippen LogP contribution is 2.39. The number of carbonyl (C=O) groups is 1. The Bertz CT molecular complexity index is 878. The van der Waals surface area contributed by atoms with E-state index in [4.69, 9.17) is 4.52 Å². The van der Waals surface area contributed by atoms with Crippen LogP contribution in [0.1, 0.15) is 45.9 Å². The molecule has 1 N–H and O–H groups in total. The Balaban J connectivity index is 1.84. The van der Waals surface area contributed by atoms with E-state index >= 15 is 0 Å². The Kier molecular flexibility index (Phi) is 6.45. The van der Waals surface area contributed by atoms with Crippen LogP contribution in [0.5, 0.6) is 5.75 Å². The van der Waals surface area contributed by atoms with Crippen LogP contribution in [0.25, 0.3) is 11.3 Å². The minimum absolute atomic E-state index is 0.0236. The van der Waals surface area contributed by atoms with Gasteiger partial charge in [-0.25, -0.2) is 0 Å². The maximum atomic E-state index is 12.7. The number of aliphatic carboxylic acids is 1. The van der Waals surface area contributed by atoms with E-state index in [0.29, 0.717) is 30.0 Å². The van der Waals surface area contributed by atoms with Gasteiger partial charge in [0.2, 0.25) is 0 Å². The predicted molar refractivity (Wildman–Crippen MR) is 107 cm³/mol. The number of hydrogen-bond donors (Lipinski definition) is 1. The van der Waals surface area contributed by atoms with Gasteiger partial charge in [-0.3, -0.25) is 9.69 Å². The van der Waals surface area contributed by atoms with Gasteiger partial charge in [0.25, 0.3) is 0 Å². The summed E-state index contributed by atoms with van der Waals surface area (Å²) in [7, 11) is 0. The first-order valence-electron chi connectivity index (χ1n) is 10.0. The Hall–Kier alpha value is -2.48. The normalized spacial score (nSPS) is 21.6. The molecule has 1 unspecified atom stereocenters. The maximum Gasteiger partial charge on any atom is 0.387 e. The molecular weight excluding hydrogens is 394 g/mol. The van der Waals surface area contributed by atoms with E-state index in [1.807, 2.05) is 6.92 Å². The summed E-state index contributed by atoms with van der Waals surface area (Å²) in [4.78, 5) is 13.8. The second kappa shape index (κ2) is 8.71. The molecule has 1 aliphatic heterocycles. The molecule has 164 valence electrons. The molecule has 6 nitrogen and oxygen atoms in total. The van der Waals surface area contributed by atoms with Crippen LogP contribution >= 0.6 is 0 Å². The lowest BCUT2D eigenvalue weighted by atomic mass is 9.73. The van der Waals surface area contributed by atoms with Gasteiger partial charge in [-0.15, -0.1) is 0 Å². The van der Waals surface area contributed by atoms with Crippen molar-refractivity contribution < 1.29 is 27.9 Å². The number of ether oxygens (including phenoxy) is 1. The van der Waals surface area contributed by atoms with Crippen LogP contribution in [-0.4, -0.2) is 40.8 Å². The first kappa shape index (κ1) is 22.2. The van der Waals surface area contributed by atoms with Gasteiger partial charge in [0, 0.05) is 24.7 Å². The van der Waals surface area contributed by atoms with Crippen molar-refractivity contribution in [2.45, 2.75) is 46.8 Å².